The number of nitrogens with zero attached hydrogens (tertiary/aromatic N) is 2. The van der Waals surface area contributed by atoms with Crippen molar-refractivity contribution in [1.82, 2.24) is 9.78 Å². The van der Waals surface area contributed by atoms with E-state index in [-0.39, 0.29) is 12.7 Å². The number of rotatable bonds is 9. The van der Waals surface area contributed by atoms with Crippen molar-refractivity contribution in [3.05, 3.63) is 66.7 Å². The number of carbonyl (C=O) groups is 1. The quantitative estimate of drug-likeness (QED) is 0.549. The fraction of sp³-hybridized carbons (Fsp3) is 0.238. The highest BCUT2D eigenvalue weighted by Gasteiger charge is 2.15. The molecule has 0 aliphatic heterocycles. The minimum Gasteiger partial charge on any atom is -0.474 e. The van der Waals surface area contributed by atoms with Crippen LogP contribution in [0.1, 0.15) is 13.3 Å². The Morgan fingerprint density at radius 3 is 2.42 bits per heavy atom. The molecule has 134 valence electrons. The van der Waals surface area contributed by atoms with Gasteiger partial charge in [0.05, 0.1) is 17.5 Å². The zero-order chi connectivity index (χ0) is 18.2. The predicted octanol–water partition coefficient (Wildman–Crippen LogP) is 3.91. The van der Waals surface area contributed by atoms with Gasteiger partial charge in [-0.15, -0.1) is 5.10 Å². The van der Waals surface area contributed by atoms with E-state index in [1.807, 2.05) is 78.3 Å². The van der Waals surface area contributed by atoms with Gasteiger partial charge in [-0.2, -0.15) is 0 Å². The highest BCUT2D eigenvalue weighted by atomic mass is 16.5. The summed E-state index contributed by atoms with van der Waals surface area (Å²) in [6, 6.07) is 21.9. The molecular weight excluding hydrogens is 328 g/mol. The van der Waals surface area contributed by atoms with Crippen molar-refractivity contribution >= 4 is 6.29 Å². The number of benzene rings is 2. The van der Waals surface area contributed by atoms with Crippen molar-refractivity contribution in [3.63, 3.8) is 0 Å². The molecule has 0 spiro atoms. The Balaban J connectivity index is 1.88. The van der Waals surface area contributed by atoms with E-state index < -0.39 is 0 Å². The molecule has 1 heterocycles. The Kier molecular flexibility index (Phi) is 6.17. The maximum Gasteiger partial charge on any atom is 0.233 e. The lowest BCUT2D eigenvalue weighted by Crippen LogP contribution is -2.22. The Hall–Kier alpha value is -2.92. The first-order valence-electron chi connectivity index (χ1n) is 8.70. The van der Waals surface area contributed by atoms with Crippen LogP contribution in [0.15, 0.2) is 66.7 Å². The van der Waals surface area contributed by atoms with E-state index in [0.717, 1.165) is 23.2 Å². The van der Waals surface area contributed by atoms with Gasteiger partial charge >= 0.3 is 0 Å². The predicted molar refractivity (Wildman–Crippen MR) is 101 cm³/mol. The van der Waals surface area contributed by atoms with Gasteiger partial charge in [0.1, 0.15) is 12.9 Å². The lowest BCUT2D eigenvalue weighted by molar-refractivity contribution is -0.111. The van der Waals surface area contributed by atoms with Crippen LogP contribution in [0.4, 0.5) is 0 Å². The number of ether oxygens (including phenoxy) is 2. The summed E-state index contributed by atoms with van der Waals surface area (Å²) < 4.78 is 13.2. The molecule has 5 nitrogen and oxygen atoms in total. The third kappa shape index (κ3) is 4.37. The number of aromatic nitrogens is 2. The van der Waals surface area contributed by atoms with Crippen molar-refractivity contribution in [2.75, 3.05) is 13.2 Å². The van der Waals surface area contributed by atoms with Gasteiger partial charge in [-0.3, -0.25) is 0 Å². The molecule has 3 aromatic rings. The summed E-state index contributed by atoms with van der Waals surface area (Å²) in [6.45, 7) is 2.72. The summed E-state index contributed by atoms with van der Waals surface area (Å²) in [4.78, 5) is 10.8. The Morgan fingerprint density at radius 2 is 1.77 bits per heavy atom. The maximum atomic E-state index is 10.8. The molecule has 1 unspecified atom stereocenters. The average Bonchev–Trinajstić information content (AvgIpc) is 3.12. The minimum absolute atomic E-state index is 0.264. The van der Waals surface area contributed by atoms with Gasteiger partial charge in [-0.05, 0) is 19.1 Å². The van der Waals surface area contributed by atoms with Gasteiger partial charge in [0.2, 0.25) is 5.88 Å². The average molecular weight is 350 g/mol. The Morgan fingerprint density at radius 1 is 1.08 bits per heavy atom. The second-order valence-electron chi connectivity index (χ2n) is 5.77. The highest BCUT2D eigenvalue weighted by Crippen LogP contribution is 2.27. The lowest BCUT2D eigenvalue weighted by atomic mass is 10.1. The van der Waals surface area contributed by atoms with Crippen LogP contribution in [0.2, 0.25) is 0 Å². The maximum absolute atomic E-state index is 10.8. The van der Waals surface area contributed by atoms with E-state index in [9.17, 15) is 4.79 Å². The monoisotopic (exact) mass is 350 g/mol. The Labute approximate surface area is 153 Å². The molecule has 0 aliphatic rings. The molecule has 0 bridgehead atoms. The number of hydrogen-bond donors (Lipinski definition) is 0. The normalized spacial score (nSPS) is 11.9. The highest BCUT2D eigenvalue weighted by molar-refractivity contribution is 5.63. The molecule has 0 N–H and O–H groups in total. The molecule has 0 amide bonds. The fourth-order valence-corrected chi connectivity index (χ4v) is 2.72. The molecule has 0 saturated carbocycles. The van der Waals surface area contributed by atoms with E-state index >= 15 is 0 Å². The van der Waals surface area contributed by atoms with Crippen molar-refractivity contribution < 1.29 is 14.3 Å². The minimum atomic E-state index is -0.264. The van der Waals surface area contributed by atoms with E-state index in [4.69, 9.17) is 9.47 Å². The number of carbonyl (C=O) groups excluding carboxylic acids is 1. The molecule has 0 aliphatic carbocycles. The summed E-state index contributed by atoms with van der Waals surface area (Å²) >= 11 is 0. The van der Waals surface area contributed by atoms with Crippen LogP contribution >= 0.6 is 0 Å². The third-order valence-corrected chi connectivity index (χ3v) is 3.94. The molecule has 3 rings (SSSR count). The number of hydrogen-bond acceptors (Lipinski definition) is 4. The summed E-state index contributed by atoms with van der Waals surface area (Å²) in [6.07, 6.45) is 0.889. The first-order valence-corrected chi connectivity index (χ1v) is 8.70. The number of aldehydes is 1. The zero-order valence-electron chi connectivity index (χ0n) is 14.7. The number of para-hydroxylation sites is 1. The second-order valence-corrected chi connectivity index (χ2v) is 5.77. The Bertz CT molecular complexity index is 759. The van der Waals surface area contributed by atoms with Crippen LogP contribution in [0, 0.1) is 0 Å². The third-order valence-electron chi connectivity index (χ3n) is 3.94. The summed E-state index contributed by atoms with van der Waals surface area (Å²) in [7, 11) is 0. The smallest absolute Gasteiger partial charge is 0.233 e. The second kappa shape index (κ2) is 8.97. The summed E-state index contributed by atoms with van der Waals surface area (Å²) in [5, 5.41) is 4.60. The van der Waals surface area contributed by atoms with Gasteiger partial charge < -0.3 is 14.3 Å². The first kappa shape index (κ1) is 17.9. The fourth-order valence-electron chi connectivity index (χ4n) is 2.72. The zero-order valence-corrected chi connectivity index (χ0v) is 14.7. The standard InChI is InChI=1S/C21H22N2O3/c1-2-25-19(13-14-24)16-26-21-15-20(17-9-5-3-6-10-17)23(22-21)18-11-7-4-8-12-18/h3-12,14-15,19H,2,13,16H2,1H3. The summed E-state index contributed by atoms with van der Waals surface area (Å²) in [5.74, 6) is 0.503. The van der Waals surface area contributed by atoms with Crippen molar-refractivity contribution in [1.29, 1.82) is 0 Å². The van der Waals surface area contributed by atoms with Gasteiger partial charge in [0, 0.05) is 24.7 Å². The van der Waals surface area contributed by atoms with Crippen LogP contribution in [0.5, 0.6) is 5.88 Å². The molecule has 0 radical (unpaired) electrons. The van der Waals surface area contributed by atoms with Gasteiger partial charge in [0.25, 0.3) is 0 Å². The molecular formula is C21H22N2O3. The topological polar surface area (TPSA) is 53.4 Å². The summed E-state index contributed by atoms with van der Waals surface area (Å²) in [5.41, 5.74) is 2.94. The van der Waals surface area contributed by atoms with E-state index in [1.54, 1.807) is 0 Å². The SMILES string of the molecule is CCOC(CC=O)COc1cc(-c2ccccc2)n(-c2ccccc2)n1. The molecule has 1 aromatic heterocycles. The van der Waals surface area contributed by atoms with Crippen LogP contribution in [0.25, 0.3) is 16.9 Å². The van der Waals surface area contributed by atoms with Crippen LogP contribution in [-0.2, 0) is 9.53 Å². The van der Waals surface area contributed by atoms with E-state index in [1.165, 1.54) is 0 Å². The van der Waals surface area contributed by atoms with E-state index in [0.29, 0.717) is 18.9 Å². The molecule has 26 heavy (non-hydrogen) atoms. The van der Waals surface area contributed by atoms with Gasteiger partial charge in [0.15, 0.2) is 0 Å². The van der Waals surface area contributed by atoms with Crippen molar-refractivity contribution in [3.8, 4) is 22.8 Å². The molecule has 0 saturated heterocycles. The van der Waals surface area contributed by atoms with Gasteiger partial charge in [-0.1, -0.05) is 48.5 Å². The van der Waals surface area contributed by atoms with Crippen molar-refractivity contribution in [2.24, 2.45) is 0 Å². The van der Waals surface area contributed by atoms with Crippen molar-refractivity contribution in [2.45, 2.75) is 19.4 Å². The largest absolute Gasteiger partial charge is 0.474 e. The molecule has 0 fully saturated rings. The first-order chi connectivity index (χ1) is 12.8. The van der Waals surface area contributed by atoms with Crippen LogP contribution in [-0.4, -0.2) is 35.4 Å². The van der Waals surface area contributed by atoms with Gasteiger partial charge in [-0.25, -0.2) is 4.68 Å². The van der Waals surface area contributed by atoms with Crippen LogP contribution < -0.4 is 4.74 Å². The lowest BCUT2D eigenvalue weighted by Gasteiger charge is -2.13. The molecule has 1 atom stereocenters. The van der Waals surface area contributed by atoms with Crippen LogP contribution in [0.3, 0.4) is 0 Å². The molecule has 5 heteroatoms. The van der Waals surface area contributed by atoms with E-state index in [2.05, 4.69) is 5.10 Å². The molecule has 2 aromatic carbocycles.